The summed E-state index contributed by atoms with van der Waals surface area (Å²) in [4.78, 5) is 1.22. The number of nitrogens with zero attached hydrogens (tertiary/aromatic N) is 1. The van der Waals surface area contributed by atoms with Gasteiger partial charge in [0.25, 0.3) is 5.60 Å². The van der Waals surface area contributed by atoms with Gasteiger partial charge in [-0.05, 0) is 37.1 Å². The monoisotopic (exact) mass is 469 g/mol. The maximum Gasteiger partial charge on any atom is 0.430 e. The lowest BCUT2D eigenvalue weighted by Gasteiger charge is -2.33. The molecule has 1 aromatic carbocycles. The molecule has 29 heavy (non-hydrogen) atoms. The number of benzene rings is 1. The number of rotatable bonds is 5. The molecule has 0 fully saturated rings. The van der Waals surface area contributed by atoms with Crippen LogP contribution in [-0.4, -0.2) is 30.2 Å². The Kier molecular flexibility index (Phi) is 6.46. The smallest absolute Gasteiger partial charge is 0.369 e. The topological polar surface area (TPSA) is 23.5 Å². The van der Waals surface area contributed by atoms with Gasteiger partial charge in [-0.1, -0.05) is 12.1 Å². The average molecular weight is 469 g/mol. The van der Waals surface area contributed by atoms with Gasteiger partial charge in [0.2, 0.25) is 0 Å². The number of hydrogen-bond donors (Lipinski definition) is 1. The standard InChI is InChI=1S/C16H12F9NOS2/c1-9-6-12(7-28-9)29-26(8-13(17,18)19)11-4-2-10(3-5-11)14(27,15(20,21)22)16(23,24)25/h2-7,27H,8H2,1H3. The quantitative estimate of drug-likeness (QED) is 0.403. The van der Waals surface area contributed by atoms with Crippen LogP contribution in [0.1, 0.15) is 10.4 Å². The molecule has 13 heteroatoms. The second-order valence-corrected chi connectivity index (χ2v) is 8.10. The molecule has 0 atom stereocenters. The zero-order valence-corrected chi connectivity index (χ0v) is 15.9. The summed E-state index contributed by atoms with van der Waals surface area (Å²) in [6.45, 7) is 0.210. The van der Waals surface area contributed by atoms with Gasteiger partial charge < -0.3 is 9.41 Å². The van der Waals surface area contributed by atoms with Crippen LogP contribution in [0.4, 0.5) is 45.2 Å². The summed E-state index contributed by atoms with van der Waals surface area (Å²) in [5, 5.41) is 10.9. The minimum Gasteiger partial charge on any atom is -0.369 e. The van der Waals surface area contributed by atoms with E-state index in [-0.39, 0.29) is 5.69 Å². The second-order valence-electron chi connectivity index (χ2n) is 5.89. The fraction of sp³-hybridized carbons (Fsp3) is 0.375. The van der Waals surface area contributed by atoms with Crippen LogP contribution in [0, 0.1) is 6.92 Å². The van der Waals surface area contributed by atoms with Crippen molar-refractivity contribution in [1.82, 2.24) is 0 Å². The lowest BCUT2D eigenvalue weighted by atomic mass is 9.92. The summed E-state index contributed by atoms with van der Waals surface area (Å²) in [5.74, 6) is 0. The van der Waals surface area contributed by atoms with Gasteiger partial charge in [-0.3, -0.25) is 0 Å². The molecule has 2 aromatic rings. The van der Waals surface area contributed by atoms with Gasteiger partial charge in [-0.25, -0.2) is 0 Å². The fourth-order valence-corrected chi connectivity index (χ4v) is 4.17. The van der Waals surface area contributed by atoms with Crippen LogP contribution in [0.3, 0.4) is 0 Å². The minimum atomic E-state index is -6.08. The van der Waals surface area contributed by atoms with E-state index in [1.807, 2.05) is 0 Å². The van der Waals surface area contributed by atoms with Crippen LogP contribution in [0.25, 0.3) is 0 Å². The van der Waals surface area contributed by atoms with E-state index >= 15 is 0 Å². The largest absolute Gasteiger partial charge is 0.430 e. The fourth-order valence-electron chi connectivity index (χ4n) is 2.29. The van der Waals surface area contributed by atoms with Crippen molar-refractivity contribution in [3.05, 3.63) is 46.2 Å². The Bertz CT molecular complexity index is 811. The van der Waals surface area contributed by atoms with Gasteiger partial charge in [0.1, 0.15) is 6.54 Å². The number of aliphatic hydroxyl groups is 1. The molecular weight excluding hydrogens is 457 g/mol. The molecule has 0 saturated heterocycles. The van der Waals surface area contributed by atoms with E-state index in [2.05, 4.69) is 0 Å². The first-order chi connectivity index (χ1) is 13.0. The van der Waals surface area contributed by atoms with Gasteiger partial charge in [0, 0.05) is 26.4 Å². The molecule has 0 bridgehead atoms. The molecule has 0 radical (unpaired) electrons. The van der Waals surface area contributed by atoms with Crippen molar-refractivity contribution >= 4 is 29.0 Å². The minimum absolute atomic E-state index is 0.286. The van der Waals surface area contributed by atoms with Gasteiger partial charge in [-0.15, -0.1) is 11.3 Å². The molecular formula is C16H12F9NOS2. The highest BCUT2D eigenvalue weighted by Crippen LogP contribution is 2.50. The summed E-state index contributed by atoms with van der Waals surface area (Å²) in [5.41, 5.74) is -6.98. The molecule has 2 nitrogen and oxygen atoms in total. The molecule has 0 aliphatic heterocycles. The van der Waals surface area contributed by atoms with E-state index in [4.69, 9.17) is 0 Å². The molecule has 0 aliphatic carbocycles. The average Bonchev–Trinajstić information content (AvgIpc) is 2.95. The van der Waals surface area contributed by atoms with E-state index in [0.717, 1.165) is 4.88 Å². The molecule has 0 spiro atoms. The number of aryl methyl sites for hydroxylation is 1. The summed E-state index contributed by atoms with van der Waals surface area (Å²) in [6.07, 6.45) is -16.8. The molecule has 1 N–H and O–H groups in total. The molecule has 0 unspecified atom stereocenters. The number of halogens is 9. The first-order valence-electron chi connectivity index (χ1n) is 7.58. The van der Waals surface area contributed by atoms with Crippen molar-refractivity contribution in [3.8, 4) is 0 Å². The third-order valence-electron chi connectivity index (χ3n) is 3.64. The normalized spacial score (nSPS) is 13.6. The van der Waals surface area contributed by atoms with E-state index in [9.17, 15) is 44.6 Å². The van der Waals surface area contributed by atoms with Gasteiger partial charge in [-0.2, -0.15) is 39.5 Å². The third kappa shape index (κ3) is 5.31. The Morgan fingerprint density at radius 3 is 1.83 bits per heavy atom. The van der Waals surface area contributed by atoms with E-state index in [1.165, 1.54) is 11.3 Å². The highest BCUT2D eigenvalue weighted by Gasteiger charge is 2.71. The van der Waals surface area contributed by atoms with Crippen molar-refractivity contribution in [1.29, 1.82) is 0 Å². The predicted octanol–water partition coefficient (Wildman–Crippen LogP) is 6.44. The van der Waals surface area contributed by atoms with Crippen LogP contribution < -0.4 is 4.31 Å². The zero-order valence-electron chi connectivity index (χ0n) is 14.3. The Balaban J connectivity index is 2.42. The predicted molar refractivity (Wildman–Crippen MR) is 90.8 cm³/mol. The molecule has 0 saturated carbocycles. The van der Waals surface area contributed by atoms with Crippen LogP contribution in [0.2, 0.25) is 0 Å². The number of alkyl halides is 9. The summed E-state index contributed by atoms with van der Waals surface area (Å²) in [6, 6.07) is 3.52. The summed E-state index contributed by atoms with van der Waals surface area (Å²) < 4.78 is 117. The van der Waals surface area contributed by atoms with Crippen LogP contribution in [0.5, 0.6) is 0 Å². The molecule has 1 aromatic heterocycles. The molecule has 0 aliphatic rings. The first kappa shape index (κ1) is 23.7. The molecule has 2 rings (SSSR count). The Hall–Kier alpha value is -1.60. The van der Waals surface area contributed by atoms with E-state index < -0.39 is 36.2 Å². The van der Waals surface area contributed by atoms with Gasteiger partial charge >= 0.3 is 18.5 Å². The van der Waals surface area contributed by atoms with Crippen molar-refractivity contribution in [3.63, 3.8) is 0 Å². The SMILES string of the molecule is Cc1cc(SN(CC(F)(F)F)c2ccc(C(O)(C(F)(F)F)C(F)(F)F)cc2)cs1. The summed E-state index contributed by atoms with van der Waals surface area (Å²) >= 11 is 1.89. The van der Waals surface area contributed by atoms with Crippen molar-refractivity contribution in [2.24, 2.45) is 0 Å². The maximum atomic E-state index is 12.9. The van der Waals surface area contributed by atoms with E-state index in [1.54, 1.807) is 18.4 Å². The number of anilines is 1. The highest BCUT2D eigenvalue weighted by molar-refractivity contribution is 8.00. The Labute approximate surface area is 167 Å². The van der Waals surface area contributed by atoms with Crippen LogP contribution in [0.15, 0.2) is 40.6 Å². The van der Waals surface area contributed by atoms with Crippen molar-refractivity contribution < 1.29 is 44.6 Å². The molecule has 162 valence electrons. The van der Waals surface area contributed by atoms with Gasteiger partial charge in [0.15, 0.2) is 0 Å². The Morgan fingerprint density at radius 1 is 0.931 bits per heavy atom. The highest BCUT2D eigenvalue weighted by atomic mass is 32.2. The lowest BCUT2D eigenvalue weighted by Crippen LogP contribution is -2.53. The molecule has 1 heterocycles. The third-order valence-corrected chi connectivity index (χ3v) is 5.66. The Morgan fingerprint density at radius 2 is 1.45 bits per heavy atom. The van der Waals surface area contributed by atoms with Crippen LogP contribution >= 0.6 is 23.3 Å². The zero-order chi connectivity index (χ0) is 22.3. The van der Waals surface area contributed by atoms with E-state index in [0.29, 0.717) is 45.4 Å². The first-order valence-corrected chi connectivity index (χ1v) is 9.23. The lowest BCUT2D eigenvalue weighted by molar-refractivity contribution is -0.376. The number of hydrogen-bond acceptors (Lipinski definition) is 4. The van der Waals surface area contributed by atoms with Crippen molar-refractivity contribution in [2.75, 3.05) is 10.8 Å². The van der Waals surface area contributed by atoms with Crippen LogP contribution in [-0.2, 0) is 5.60 Å². The second kappa shape index (κ2) is 7.91. The van der Waals surface area contributed by atoms with Gasteiger partial charge in [0.05, 0.1) is 0 Å². The summed E-state index contributed by atoms with van der Waals surface area (Å²) in [7, 11) is 0. The number of thiophene rings is 1. The maximum absolute atomic E-state index is 12.9. The molecule has 0 amide bonds. The van der Waals surface area contributed by atoms with Crippen molar-refractivity contribution in [2.45, 2.75) is 35.9 Å².